The molecule has 0 bridgehead atoms. The summed E-state index contributed by atoms with van der Waals surface area (Å²) < 4.78 is 2.56. The molecule has 0 unspecified atom stereocenters. The van der Waals surface area contributed by atoms with E-state index in [0.29, 0.717) is 0 Å². The number of aromatic nitrogens is 1. The van der Waals surface area contributed by atoms with Gasteiger partial charge < -0.3 is 14.4 Å². The first-order valence-corrected chi connectivity index (χ1v) is 35.8. The van der Waals surface area contributed by atoms with Gasteiger partial charge in [-0.2, -0.15) is 0 Å². The highest BCUT2D eigenvalue weighted by molar-refractivity contribution is 7.00. The molecule has 0 atom stereocenters. The first-order valence-electron chi connectivity index (χ1n) is 35.8. The molecule has 17 rings (SSSR count). The second-order valence-corrected chi connectivity index (χ2v) is 32.1. The quantitative estimate of drug-likeness (QED) is 0.111. The first kappa shape index (κ1) is 62.6. The van der Waals surface area contributed by atoms with Crippen molar-refractivity contribution in [2.45, 2.75) is 105 Å². The van der Waals surface area contributed by atoms with E-state index in [0.717, 1.165) is 50.9 Å². The van der Waals surface area contributed by atoms with Crippen molar-refractivity contribution in [1.82, 2.24) is 4.57 Å². The van der Waals surface area contributed by atoms with Gasteiger partial charge >= 0.3 is 0 Å². The van der Waals surface area contributed by atoms with Gasteiger partial charge in [-0.1, -0.05) is 289 Å². The van der Waals surface area contributed by atoms with E-state index in [1.165, 1.54) is 127 Å². The van der Waals surface area contributed by atoms with Crippen molar-refractivity contribution in [3.05, 3.63) is 313 Å². The normalized spacial score (nSPS) is 13.1. The van der Waals surface area contributed by atoms with Crippen LogP contribution in [0.1, 0.15) is 105 Å². The third kappa shape index (κ3) is 10.4. The van der Waals surface area contributed by atoms with Gasteiger partial charge in [-0.3, -0.25) is 0 Å². The van der Waals surface area contributed by atoms with Crippen LogP contribution in [-0.4, -0.2) is 11.3 Å². The van der Waals surface area contributed by atoms with Crippen LogP contribution in [0.3, 0.4) is 0 Å². The molecule has 3 nitrogen and oxygen atoms in total. The van der Waals surface area contributed by atoms with E-state index >= 15 is 0 Å². The fraction of sp³-hybridized carbons (Fsp3) is 0.167. The lowest BCUT2D eigenvalue weighted by molar-refractivity contribution is 0.590. The van der Waals surface area contributed by atoms with Crippen LogP contribution in [0.5, 0.6) is 0 Å². The smallest absolute Gasteiger partial charge is 0.252 e. The lowest BCUT2D eigenvalue weighted by Crippen LogP contribution is -2.61. The summed E-state index contributed by atoms with van der Waals surface area (Å²) in [6, 6.07) is 112. The molecular formula is C96H84BN3. The van der Waals surface area contributed by atoms with Gasteiger partial charge in [0.1, 0.15) is 0 Å². The summed E-state index contributed by atoms with van der Waals surface area (Å²) >= 11 is 0. The minimum absolute atomic E-state index is 0.0459. The lowest BCUT2D eigenvalue weighted by atomic mass is 9.33. The molecule has 0 radical (unpaired) electrons. The van der Waals surface area contributed by atoms with Crippen LogP contribution in [0.25, 0.3) is 105 Å². The highest BCUT2D eigenvalue weighted by atomic mass is 15.2. The molecule has 2 aliphatic rings. The van der Waals surface area contributed by atoms with Crippen molar-refractivity contribution in [2.75, 3.05) is 9.80 Å². The Morgan fingerprint density at radius 1 is 0.260 bits per heavy atom. The zero-order chi connectivity index (χ0) is 68.7. The van der Waals surface area contributed by atoms with Crippen LogP contribution in [0.2, 0.25) is 0 Å². The third-order valence-electron chi connectivity index (χ3n) is 21.5. The maximum atomic E-state index is 2.70. The van der Waals surface area contributed by atoms with Crippen molar-refractivity contribution < 1.29 is 0 Å². The molecule has 14 aromatic carbocycles. The van der Waals surface area contributed by atoms with Crippen molar-refractivity contribution in [2.24, 2.45) is 0 Å². The van der Waals surface area contributed by atoms with E-state index in [1.54, 1.807) is 0 Å². The summed E-state index contributed by atoms with van der Waals surface area (Å²) in [5.74, 6) is 0. The molecule has 4 heteroatoms. The van der Waals surface area contributed by atoms with Gasteiger partial charge in [-0.05, 0) is 200 Å². The summed E-state index contributed by atoms with van der Waals surface area (Å²) in [6.45, 7) is 27.9. The zero-order valence-corrected chi connectivity index (χ0v) is 59.6. The molecule has 0 fully saturated rings. The van der Waals surface area contributed by atoms with Gasteiger partial charge in [0.25, 0.3) is 6.71 Å². The molecule has 0 spiro atoms. The highest BCUT2D eigenvalue weighted by Crippen LogP contribution is 2.55. The molecule has 0 aliphatic carbocycles. The Kier molecular flexibility index (Phi) is 14.6. The summed E-state index contributed by atoms with van der Waals surface area (Å²) in [6.07, 6.45) is 0. The second-order valence-electron chi connectivity index (χ2n) is 32.1. The van der Waals surface area contributed by atoms with Crippen LogP contribution in [0.15, 0.2) is 291 Å². The van der Waals surface area contributed by atoms with Crippen molar-refractivity contribution >= 4 is 101 Å². The number of benzene rings is 14. The van der Waals surface area contributed by atoms with Gasteiger partial charge in [0.05, 0.1) is 22.4 Å². The van der Waals surface area contributed by atoms with E-state index in [2.05, 4.69) is 389 Å². The molecule has 0 saturated heterocycles. The van der Waals surface area contributed by atoms with Gasteiger partial charge in [-0.25, -0.2) is 0 Å². The molecule has 15 aromatic rings. The van der Waals surface area contributed by atoms with Gasteiger partial charge in [0.2, 0.25) is 0 Å². The Morgan fingerprint density at radius 3 is 1.03 bits per heavy atom. The van der Waals surface area contributed by atoms with Crippen LogP contribution in [0, 0.1) is 0 Å². The summed E-state index contributed by atoms with van der Waals surface area (Å²) in [7, 11) is 0. The molecule has 100 heavy (non-hydrogen) atoms. The molecule has 0 saturated carbocycles. The third-order valence-corrected chi connectivity index (χ3v) is 21.5. The van der Waals surface area contributed by atoms with E-state index in [4.69, 9.17) is 0 Å². The monoisotopic (exact) mass is 1290 g/mol. The number of rotatable bonds is 8. The highest BCUT2D eigenvalue weighted by Gasteiger charge is 2.46. The average Bonchev–Trinajstić information content (AvgIpc) is 0.752. The molecular weight excluding hydrogens is 1210 g/mol. The summed E-state index contributed by atoms with van der Waals surface area (Å²) in [5.41, 5.74) is 30.7. The Balaban J connectivity index is 1.04. The van der Waals surface area contributed by atoms with E-state index in [-0.39, 0.29) is 28.4 Å². The van der Waals surface area contributed by atoms with Crippen LogP contribution >= 0.6 is 0 Å². The first-order chi connectivity index (χ1) is 48.2. The number of hydrogen-bond acceptors (Lipinski definition) is 2. The zero-order valence-electron chi connectivity index (χ0n) is 59.6. The lowest BCUT2D eigenvalue weighted by Gasteiger charge is -2.46. The van der Waals surface area contributed by atoms with E-state index in [9.17, 15) is 0 Å². The Labute approximate surface area is 590 Å². The van der Waals surface area contributed by atoms with Gasteiger partial charge in [0, 0.05) is 61.5 Å². The minimum atomic E-state index is -0.207. The summed E-state index contributed by atoms with van der Waals surface area (Å²) in [5, 5.41) is 7.45. The molecule has 1 aromatic heterocycles. The molecule has 0 N–H and O–H groups in total. The van der Waals surface area contributed by atoms with E-state index in [1.807, 2.05) is 0 Å². The minimum Gasteiger partial charge on any atom is -0.310 e. The standard InChI is InChI=1S/C96H84BN3/c1-93(2,3)68-45-50-83-79(54-68)80-55-69(94(4,5)6)46-51-84(80)98(83)72-47-49-82-88(60-72)100(92-77(63-34-21-15-22-35-63)58-71(96(10,11)12)59-78(92)64-36-23-16-24-37-64)86-43-29-42-85-90(86)97(82)81-48-44-67(89-73-40-27-25-38-65(73)52-66-39-26-28-41-74(66)89)53-87(81)99(85)91-75(61-30-17-13-18-31-61)56-70(95(7,8)9)57-76(91)62-32-19-14-20-33-62/h13-60H,1-12H3. The maximum absolute atomic E-state index is 2.70. The maximum Gasteiger partial charge on any atom is 0.252 e. The van der Waals surface area contributed by atoms with Gasteiger partial charge in [-0.15, -0.1) is 0 Å². The number of anilines is 6. The predicted molar refractivity (Wildman–Crippen MR) is 432 cm³/mol. The second kappa shape index (κ2) is 23.4. The van der Waals surface area contributed by atoms with Crippen molar-refractivity contribution in [3.63, 3.8) is 0 Å². The SMILES string of the molecule is CC(C)(C)c1cc(-c2ccccc2)c(N2c3cc(-c4c5ccccc5cc5ccccc45)ccc3B3c4ccc(-n5c6ccc(C(C)(C)C)cc6c6cc(C(C)(C)C)ccc65)cc4N(c4c(-c5ccccc5)cc(C(C)(C)C)cc4-c4ccccc4)c4cccc2c43)c(-c2ccccc2)c1. The largest absolute Gasteiger partial charge is 0.310 e. The van der Waals surface area contributed by atoms with Crippen molar-refractivity contribution in [1.29, 1.82) is 0 Å². The van der Waals surface area contributed by atoms with Gasteiger partial charge in [0.15, 0.2) is 0 Å². The van der Waals surface area contributed by atoms with Crippen LogP contribution in [-0.2, 0) is 21.7 Å². The number of fused-ring (bicyclic) bond motifs is 9. The fourth-order valence-electron chi connectivity index (χ4n) is 16.2. The predicted octanol–water partition coefficient (Wildman–Crippen LogP) is 24.7. The van der Waals surface area contributed by atoms with Crippen LogP contribution in [0.4, 0.5) is 34.1 Å². The average molecular weight is 1290 g/mol. The molecule has 3 heterocycles. The topological polar surface area (TPSA) is 11.4 Å². The number of nitrogens with zero attached hydrogens (tertiary/aromatic N) is 3. The molecule has 2 aliphatic heterocycles. The Hall–Kier alpha value is -10.9. The summed E-state index contributed by atoms with van der Waals surface area (Å²) in [4.78, 5) is 5.40. The fourth-order valence-corrected chi connectivity index (χ4v) is 16.2. The Bertz CT molecular complexity index is 5510. The van der Waals surface area contributed by atoms with Crippen molar-refractivity contribution in [3.8, 4) is 61.3 Å². The van der Waals surface area contributed by atoms with Crippen LogP contribution < -0.4 is 26.2 Å². The number of hydrogen-bond donors (Lipinski definition) is 0. The molecule has 0 amide bonds. The Morgan fingerprint density at radius 2 is 0.630 bits per heavy atom. The molecule has 486 valence electrons. The van der Waals surface area contributed by atoms with E-state index < -0.39 is 0 Å².